The van der Waals surface area contributed by atoms with Gasteiger partial charge in [-0.05, 0) is 38.9 Å². The van der Waals surface area contributed by atoms with E-state index in [1.54, 1.807) is 0 Å². The van der Waals surface area contributed by atoms with Gasteiger partial charge in [-0.15, -0.1) is 0 Å². The standard InChI is InChI=1S/C36H75N.C4H12N2O/c1-3-5-7-9-11-13-15-17-19-21-23-25-27-29-31-33-35-37-36-34-32-30-28-26-24-22-20-18-16-14-12-10-8-6-4-2;5-2-1-4(7)3-6/h37H,3-36H2,1-2H3;4,7H,1-3,5-6H2. The number of hydrogen-bond donors (Lipinski definition) is 4. The summed E-state index contributed by atoms with van der Waals surface area (Å²) in [5.74, 6) is 0. The molecule has 0 saturated carbocycles. The fourth-order valence-corrected chi connectivity index (χ4v) is 6.03. The van der Waals surface area contributed by atoms with E-state index < -0.39 is 6.10 Å². The van der Waals surface area contributed by atoms with Crippen molar-refractivity contribution in [2.75, 3.05) is 26.2 Å². The third-order valence-electron chi connectivity index (χ3n) is 9.19. The SMILES string of the molecule is CCCCCCCCCCCCCCCCCCNCCCCCCCCCCCCCCCCCC.NCCC(O)CN. The maximum Gasteiger partial charge on any atom is 0.0674 e. The lowest BCUT2D eigenvalue weighted by Gasteiger charge is -2.06. The quantitative estimate of drug-likeness (QED) is 0.0517. The molecule has 0 amide bonds. The van der Waals surface area contributed by atoms with E-state index in [-0.39, 0.29) is 0 Å². The van der Waals surface area contributed by atoms with Gasteiger partial charge in [-0.2, -0.15) is 0 Å². The van der Waals surface area contributed by atoms with E-state index in [2.05, 4.69) is 19.2 Å². The molecule has 0 aromatic rings. The van der Waals surface area contributed by atoms with Crippen molar-refractivity contribution < 1.29 is 5.11 Å². The van der Waals surface area contributed by atoms with E-state index in [4.69, 9.17) is 16.6 Å². The van der Waals surface area contributed by atoms with Crippen LogP contribution in [0.3, 0.4) is 0 Å². The van der Waals surface area contributed by atoms with Crippen molar-refractivity contribution in [1.29, 1.82) is 0 Å². The first-order chi connectivity index (χ1) is 21.7. The Labute approximate surface area is 279 Å². The molecule has 4 heteroatoms. The van der Waals surface area contributed by atoms with Gasteiger partial charge in [0, 0.05) is 6.54 Å². The van der Waals surface area contributed by atoms with Gasteiger partial charge in [0.2, 0.25) is 0 Å². The zero-order chi connectivity index (χ0) is 32.4. The zero-order valence-corrected chi connectivity index (χ0v) is 30.8. The molecule has 0 bridgehead atoms. The fourth-order valence-electron chi connectivity index (χ4n) is 6.03. The molecule has 0 rings (SSSR count). The van der Waals surface area contributed by atoms with Gasteiger partial charge in [0.15, 0.2) is 0 Å². The summed E-state index contributed by atoms with van der Waals surface area (Å²) in [5.41, 5.74) is 10.1. The first-order valence-corrected chi connectivity index (χ1v) is 20.5. The summed E-state index contributed by atoms with van der Waals surface area (Å²) in [4.78, 5) is 0. The van der Waals surface area contributed by atoms with Crippen molar-refractivity contribution in [2.45, 2.75) is 232 Å². The van der Waals surface area contributed by atoms with Crippen LogP contribution in [0, 0.1) is 0 Å². The molecular formula is C40H87N3O. The number of hydrogen-bond acceptors (Lipinski definition) is 4. The van der Waals surface area contributed by atoms with Crippen LogP contribution >= 0.6 is 0 Å². The van der Waals surface area contributed by atoms with E-state index in [0.29, 0.717) is 19.5 Å². The number of nitrogens with one attached hydrogen (secondary N) is 1. The van der Waals surface area contributed by atoms with Gasteiger partial charge in [0.25, 0.3) is 0 Å². The van der Waals surface area contributed by atoms with Gasteiger partial charge in [-0.3, -0.25) is 0 Å². The molecule has 4 nitrogen and oxygen atoms in total. The predicted molar refractivity (Wildman–Crippen MR) is 201 cm³/mol. The van der Waals surface area contributed by atoms with Crippen LogP contribution in [0.25, 0.3) is 0 Å². The Morgan fingerprint density at radius 2 is 0.614 bits per heavy atom. The molecule has 0 fully saturated rings. The summed E-state index contributed by atoms with van der Waals surface area (Å²) >= 11 is 0. The summed E-state index contributed by atoms with van der Waals surface area (Å²) in [6.45, 7) is 7.94. The van der Waals surface area contributed by atoms with Crippen molar-refractivity contribution in [3.8, 4) is 0 Å². The minimum atomic E-state index is -0.398. The van der Waals surface area contributed by atoms with Crippen LogP contribution in [0.5, 0.6) is 0 Å². The van der Waals surface area contributed by atoms with Gasteiger partial charge < -0.3 is 21.9 Å². The average Bonchev–Trinajstić information content (AvgIpc) is 3.03. The van der Waals surface area contributed by atoms with Gasteiger partial charge in [-0.25, -0.2) is 0 Å². The summed E-state index contributed by atoms with van der Waals surface area (Å²) in [6, 6.07) is 0. The minimum Gasteiger partial charge on any atom is -0.392 e. The molecular weight excluding hydrogens is 538 g/mol. The molecule has 0 heterocycles. The second-order valence-electron chi connectivity index (χ2n) is 13.8. The Morgan fingerprint density at radius 3 is 0.795 bits per heavy atom. The molecule has 6 N–H and O–H groups in total. The first-order valence-electron chi connectivity index (χ1n) is 20.5. The lowest BCUT2D eigenvalue weighted by Crippen LogP contribution is -2.22. The lowest BCUT2D eigenvalue weighted by molar-refractivity contribution is 0.175. The van der Waals surface area contributed by atoms with E-state index in [0.717, 1.165) is 0 Å². The molecule has 0 aliphatic carbocycles. The molecule has 268 valence electrons. The Morgan fingerprint density at radius 1 is 0.386 bits per heavy atom. The third kappa shape index (κ3) is 46.3. The average molecular weight is 626 g/mol. The Hall–Kier alpha value is -0.160. The van der Waals surface area contributed by atoms with Crippen LogP contribution in [-0.2, 0) is 0 Å². The fraction of sp³-hybridized carbons (Fsp3) is 1.00. The maximum atomic E-state index is 8.65. The van der Waals surface area contributed by atoms with Crippen molar-refractivity contribution >= 4 is 0 Å². The van der Waals surface area contributed by atoms with E-state index in [1.165, 1.54) is 219 Å². The molecule has 0 spiro atoms. The highest BCUT2D eigenvalue weighted by molar-refractivity contribution is 4.55. The van der Waals surface area contributed by atoms with Gasteiger partial charge >= 0.3 is 0 Å². The maximum absolute atomic E-state index is 8.65. The highest BCUT2D eigenvalue weighted by Gasteiger charge is 1.97. The minimum absolute atomic E-state index is 0.317. The van der Waals surface area contributed by atoms with Crippen molar-refractivity contribution in [2.24, 2.45) is 11.5 Å². The summed E-state index contributed by atoms with van der Waals surface area (Å²) in [6.07, 6.45) is 46.9. The van der Waals surface area contributed by atoms with Crippen LogP contribution in [0.2, 0.25) is 0 Å². The van der Waals surface area contributed by atoms with Gasteiger partial charge in [0.1, 0.15) is 0 Å². The molecule has 0 radical (unpaired) electrons. The number of aliphatic hydroxyl groups is 1. The van der Waals surface area contributed by atoms with E-state index in [9.17, 15) is 0 Å². The molecule has 1 unspecified atom stereocenters. The molecule has 44 heavy (non-hydrogen) atoms. The van der Waals surface area contributed by atoms with Crippen LogP contribution in [0.15, 0.2) is 0 Å². The molecule has 0 aliphatic heterocycles. The summed E-state index contributed by atoms with van der Waals surface area (Å²) < 4.78 is 0. The molecule has 0 saturated heterocycles. The lowest BCUT2D eigenvalue weighted by atomic mass is 10.0. The third-order valence-corrected chi connectivity index (χ3v) is 9.19. The Balaban J connectivity index is 0. The first kappa shape index (κ1) is 46.0. The van der Waals surface area contributed by atoms with Crippen molar-refractivity contribution in [3.63, 3.8) is 0 Å². The molecule has 0 aromatic heterocycles. The number of unbranched alkanes of at least 4 members (excludes halogenated alkanes) is 30. The zero-order valence-electron chi connectivity index (χ0n) is 30.8. The van der Waals surface area contributed by atoms with Crippen LogP contribution in [0.4, 0.5) is 0 Å². The molecule has 0 aromatic carbocycles. The van der Waals surface area contributed by atoms with Gasteiger partial charge in [-0.1, -0.05) is 206 Å². The second kappa shape index (κ2) is 45.0. The summed E-state index contributed by atoms with van der Waals surface area (Å²) in [7, 11) is 0. The largest absolute Gasteiger partial charge is 0.392 e. The molecule has 1 atom stereocenters. The predicted octanol–water partition coefficient (Wildman–Crippen LogP) is 11.8. The van der Waals surface area contributed by atoms with Crippen LogP contribution in [-0.4, -0.2) is 37.4 Å². The van der Waals surface area contributed by atoms with Crippen LogP contribution in [0.1, 0.15) is 226 Å². The normalized spacial score (nSPS) is 11.9. The van der Waals surface area contributed by atoms with Crippen molar-refractivity contribution in [1.82, 2.24) is 5.32 Å². The van der Waals surface area contributed by atoms with E-state index in [1.807, 2.05) is 0 Å². The van der Waals surface area contributed by atoms with E-state index >= 15 is 0 Å². The van der Waals surface area contributed by atoms with Crippen molar-refractivity contribution in [3.05, 3.63) is 0 Å². The second-order valence-corrected chi connectivity index (χ2v) is 13.8. The topological polar surface area (TPSA) is 84.3 Å². The summed E-state index contributed by atoms with van der Waals surface area (Å²) in [5, 5.41) is 12.3. The molecule has 0 aliphatic rings. The monoisotopic (exact) mass is 626 g/mol. The Kier molecular flexibility index (Phi) is 47.0. The Bertz CT molecular complexity index is 428. The van der Waals surface area contributed by atoms with Crippen LogP contribution < -0.4 is 16.8 Å². The number of aliphatic hydroxyl groups excluding tert-OH is 1. The highest BCUT2D eigenvalue weighted by atomic mass is 16.3. The number of rotatable bonds is 37. The van der Waals surface area contributed by atoms with Gasteiger partial charge in [0.05, 0.1) is 6.10 Å². The highest BCUT2D eigenvalue weighted by Crippen LogP contribution is 2.15. The smallest absolute Gasteiger partial charge is 0.0674 e. The number of nitrogens with two attached hydrogens (primary N) is 2.